The lowest BCUT2D eigenvalue weighted by Gasteiger charge is -2.31. The summed E-state index contributed by atoms with van der Waals surface area (Å²) in [6, 6.07) is 22.8. The highest BCUT2D eigenvalue weighted by molar-refractivity contribution is 7.89. The van der Waals surface area contributed by atoms with E-state index in [4.69, 9.17) is 9.47 Å². The van der Waals surface area contributed by atoms with Gasteiger partial charge in [0.1, 0.15) is 11.5 Å². The monoisotopic (exact) mass is 475 g/mol. The van der Waals surface area contributed by atoms with E-state index in [0.717, 1.165) is 44.9 Å². The second-order valence-electron chi connectivity index (χ2n) is 8.32. The smallest absolute Gasteiger partial charge is 0.243 e. The molecule has 3 aromatic rings. The molecule has 6 heteroatoms. The van der Waals surface area contributed by atoms with Crippen LogP contribution in [0.3, 0.4) is 0 Å². The Morgan fingerprint density at radius 3 is 1.76 bits per heavy atom. The van der Waals surface area contributed by atoms with E-state index in [2.05, 4.69) is 6.58 Å². The molecule has 0 N–H and O–H groups in total. The van der Waals surface area contributed by atoms with Gasteiger partial charge in [-0.05, 0) is 77.6 Å². The van der Waals surface area contributed by atoms with E-state index in [1.165, 1.54) is 4.31 Å². The van der Waals surface area contributed by atoms with Gasteiger partial charge in [0.2, 0.25) is 10.0 Å². The average Bonchev–Trinajstić information content (AvgIpc) is 2.86. The van der Waals surface area contributed by atoms with Gasteiger partial charge in [-0.1, -0.05) is 48.5 Å². The summed E-state index contributed by atoms with van der Waals surface area (Å²) in [6.07, 6.45) is 0.567. The number of methoxy groups -OCH3 is 2. The van der Waals surface area contributed by atoms with Crippen LogP contribution >= 0.6 is 0 Å². The van der Waals surface area contributed by atoms with Crippen LogP contribution in [-0.2, 0) is 10.0 Å². The first-order chi connectivity index (χ1) is 16.3. The predicted molar refractivity (Wildman–Crippen MR) is 136 cm³/mol. The maximum absolute atomic E-state index is 13.2. The first kappa shape index (κ1) is 23.8. The van der Waals surface area contributed by atoms with E-state index in [1.54, 1.807) is 26.4 Å². The molecule has 0 aromatic heterocycles. The van der Waals surface area contributed by atoms with Crippen molar-refractivity contribution < 1.29 is 17.9 Å². The van der Waals surface area contributed by atoms with Crippen LogP contribution in [0.15, 0.2) is 95.4 Å². The summed E-state index contributed by atoms with van der Waals surface area (Å²) in [5.41, 5.74) is 5.97. The highest BCUT2D eigenvalue weighted by atomic mass is 32.2. The molecule has 0 bridgehead atoms. The number of rotatable bonds is 6. The van der Waals surface area contributed by atoms with Crippen molar-refractivity contribution in [3.63, 3.8) is 0 Å². The van der Waals surface area contributed by atoms with Crippen LogP contribution in [0.25, 0.3) is 5.57 Å². The Bertz CT molecular complexity index is 1260. The van der Waals surface area contributed by atoms with Crippen molar-refractivity contribution in [1.29, 1.82) is 0 Å². The molecule has 0 saturated carbocycles. The van der Waals surface area contributed by atoms with Crippen molar-refractivity contribution in [3.8, 4) is 11.5 Å². The summed E-state index contributed by atoms with van der Waals surface area (Å²) in [7, 11) is -0.306. The van der Waals surface area contributed by atoms with Crippen molar-refractivity contribution in [3.05, 3.63) is 107 Å². The zero-order valence-electron chi connectivity index (χ0n) is 19.7. The standard InChI is InChI=1S/C28H29NO4S/c1-20-5-15-26(16-6-20)34(30,31)29-18-17-27(21(2)19-29)28(22-7-11-24(32-3)12-8-22)23-9-13-25(33-4)14-10-23/h5-16H,2,17-19H2,1,3-4H3. The number of hydrogen-bond donors (Lipinski definition) is 0. The molecule has 1 saturated heterocycles. The third kappa shape index (κ3) is 4.79. The number of nitrogens with zero attached hydrogens (tertiary/aromatic N) is 1. The number of piperidine rings is 1. The van der Waals surface area contributed by atoms with Crippen molar-refractivity contribution in [2.45, 2.75) is 18.2 Å². The van der Waals surface area contributed by atoms with Crippen LogP contribution in [0, 0.1) is 6.92 Å². The minimum atomic E-state index is -3.59. The fourth-order valence-corrected chi connectivity index (χ4v) is 5.63. The highest BCUT2D eigenvalue weighted by Gasteiger charge is 2.30. The van der Waals surface area contributed by atoms with Crippen LogP contribution in [0.2, 0.25) is 0 Å². The molecule has 5 nitrogen and oxygen atoms in total. The summed E-state index contributed by atoms with van der Waals surface area (Å²) in [4.78, 5) is 0.309. The Morgan fingerprint density at radius 2 is 1.32 bits per heavy atom. The third-order valence-corrected chi connectivity index (χ3v) is 7.98. The van der Waals surface area contributed by atoms with Crippen molar-refractivity contribution in [2.24, 2.45) is 0 Å². The van der Waals surface area contributed by atoms with Crippen molar-refractivity contribution >= 4 is 15.6 Å². The maximum Gasteiger partial charge on any atom is 0.243 e. The summed E-state index contributed by atoms with van der Waals surface area (Å²) in [5.74, 6) is 1.56. The fourth-order valence-electron chi connectivity index (χ4n) is 4.20. The van der Waals surface area contributed by atoms with Gasteiger partial charge in [0.15, 0.2) is 0 Å². The number of sulfonamides is 1. The van der Waals surface area contributed by atoms with Gasteiger partial charge in [-0.25, -0.2) is 8.42 Å². The van der Waals surface area contributed by atoms with Crippen LogP contribution in [0.1, 0.15) is 23.1 Å². The van der Waals surface area contributed by atoms with Crippen LogP contribution in [0.5, 0.6) is 11.5 Å². The number of benzene rings is 3. The molecule has 0 unspecified atom stereocenters. The Hall–Kier alpha value is -3.35. The average molecular weight is 476 g/mol. The molecule has 4 rings (SSSR count). The van der Waals surface area contributed by atoms with E-state index in [1.807, 2.05) is 67.6 Å². The number of aryl methyl sites for hydroxylation is 1. The Kier molecular flexibility index (Phi) is 6.91. The first-order valence-electron chi connectivity index (χ1n) is 11.1. The largest absolute Gasteiger partial charge is 0.497 e. The second-order valence-corrected chi connectivity index (χ2v) is 10.3. The van der Waals surface area contributed by atoms with Gasteiger partial charge in [-0.3, -0.25) is 0 Å². The zero-order valence-corrected chi connectivity index (χ0v) is 20.6. The van der Waals surface area contributed by atoms with Gasteiger partial charge in [0, 0.05) is 13.1 Å². The van der Waals surface area contributed by atoms with Crippen LogP contribution in [-0.4, -0.2) is 40.0 Å². The minimum Gasteiger partial charge on any atom is -0.497 e. The van der Waals surface area contributed by atoms with Gasteiger partial charge in [-0.2, -0.15) is 4.31 Å². The molecule has 0 atom stereocenters. The molecule has 3 aromatic carbocycles. The Balaban J connectivity index is 1.72. The normalized spacial score (nSPS) is 14.7. The summed E-state index contributed by atoms with van der Waals surface area (Å²) in [5, 5.41) is 0. The second kappa shape index (κ2) is 9.87. The molecule has 1 aliphatic rings. The molecule has 0 spiro atoms. The molecular formula is C28H29NO4S. The van der Waals surface area contributed by atoms with E-state index in [0.29, 0.717) is 17.9 Å². The van der Waals surface area contributed by atoms with Gasteiger partial charge in [0.05, 0.1) is 19.1 Å². The SMILES string of the molecule is C=C1CN(S(=O)(=O)c2ccc(C)cc2)CCC1=C(c1ccc(OC)cc1)c1ccc(OC)cc1. The Morgan fingerprint density at radius 1 is 0.824 bits per heavy atom. The van der Waals surface area contributed by atoms with E-state index in [-0.39, 0.29) is 6.54 Å². The minimum absolute atomic E-state index is 0.251. The molecule has 34 heavy (non-hydrogen) atoms. The maximum atomic E-state index is 13.2. The summed E-state index contributed by atoms with van der Waals surface area (Å²) in [6.45, 7) is 6.87. The third-order valence-electron chi connectivity index (χ3n) is 6.12. The van der Waals surface area contributed by atoms with E-state index in [9.17, 15) is 8.42 Å². The van der Waals surface area contributed by atoms with Gasteiger partial charge >= 0.3 is 0 Å². The predicted octanol–water partition coefficient (Wildman–Crippen LogP) is 5.46. The van der Waals surface area contributed by atoms with E-state index >= 15 is 0 Å². The van der Waals surface area contributed by atoms with E-state index < -0.39 is 10.0 Å². The molecule has 176 valence electrons. The fraction of sp³-hybridized carbons (Fsp3) is 0.214. The molecule has 1 heterocycles. The quantitative estimate of drug-likeness (QED) is 0.475. The molecule has 0 radical (unpaired) electrons. The zero-order chi connectivity index (χ0) is 24.3. The summed E-state index contributed by atoms with van der Waals surface area (Å²) < 4.78 is 38.7. The molecule has 1 aliphatic heterocycles. The molecule has 1 fully saturated rings. The van der Waals surface area contributed by atoms with Crippen molar-refractivity contribution in [1.82, 2.24) is 4.31 Å². The lowest BCUT2D eigenvalue weighted by atomic mass is 9.87. The molecule has 0 aliphatic carbocycles. The van der Waals surface area contributed by atoms with Crippen molar-refractivity contribution in [2.75, 3.05) is 27.3 Å². The topological polar surface area (TPSA) is 55.8 Å². The molecular weight excluding hydrogens is 446 g/mol. The lowest BCUT2D eigenvalue weighted by Crippen LogP contribution is -2.37. The molecule has 0 amide bonds. The van der Waals surface area contributed by atoms with Crippen LogP contribution in [0.4, 0.5) is 0 Å². The van der Waals surface area contributed by atoms with Crippen LogP contribution < -0.4 is 9.47 Å². The number of hydrogen-bond acceptors (Lipinski definition) is 4. The lowest BCUT2D eigenvalue weighted by molar-refractivity contribution is 0.414. The highest BCUT2D eigenvalue weighted by Crippen LogP contribution is 2.37. The van der Waals surface area contributed by atoms with Gasteiger partial charge in [0.25, 0.3) is 0 Å². The number of ether oxygens (including phenoxy) is 2. The van der Waals surface area contributed by atoms with Gasteiger partial charge < -0.3 is 9.47 Å². The first-order valence-corrected chi connectivity index (χ1v) is 12.5. The van der Waals surface area contributed by atoms with Gasteiger partial charge in [-0.15, -0.1) is 0 Å². The summed E-state index contributed by atoms with van der Waals surface area (Å²) >= 11 is 0. The Labute approximate surface area is 202 Å².